The van der Waals surface area contributed by atoms with Gasteiger partial charge in [-0.3, -0.25) is 4.79 Å². The van der Waals surface area contributed by atoms with E-state index in [0.29, 0.717) is 23.4 Å². The summed E-state index contributed by atoms with van der Waals surface area (Å²) in [5.74, 6) is 2.13. The number of rotatable bonds is 4. The number of carbonyl (C=O) groups is 1. The summed E-state index contributed by atoms with van der Waals surface area (Å²) in [6.45, 7) is 5.39. The van der Waals surface area contributed by atoms with Crippen molar-refractivity contribution >= 4 is 38.9 Å². The first-order valence-electron chi connectivity index (χ1n) is 10.7. The van der Waals surface area contributed by atoms with Gasteiger partial charge < -0.3 is 10.6 Å². The van der Waals surface area contributed by atoms with Crippen molar-refractivity contribution in [3.05, 3.63) is 24.3 Å². The van der Waals surface area contributed by atoms with Crippen LogP contribution in [-0.2, 0) is 14.8 Å². The summed E-state index contributed by atoms with van der Waals surface area (Å²) in [6.07, 6.45) is 6.82. The minimum Gasteiger partial charge on any atom is -0.332 e. The quantitative estimate of drug-likeness (QED) is 0.609. The van der Waals surface area contributed by atoms with Gasteiger partial charge in [-0.25, -0.2) is 13.1 Å². The van der Waals surface area contributed by atoms with Crippen LogP contribution in [0, 0.1) is 23.2 Å². The van der Waals surface area contributed by atoms with Gasteiger partial charge in [0.1, 0.15) is 0 Å². The highest BCUT2D eigenvalue weighted by Gasteiger charge is 2.54. The number of hydrogen-bond donors (Lipinski definition) is 3. The lowest BCUT2D eigenvalue weighted by molar-refractivity contribution is -0.144. The molecule has 4 fully saturated rings. The van der Waals surface area contributed by atoms with Crippen LogP contribution in [0.2, 0.25) is 0 Å². The Morgan fingerprint density at radius 2 is 1.50 bits per heavy atom. The smallest absolute Gasteiger partial charge is 0.241 e. The van der Waals surface area contributed by atoms with Gasteiger partial charge in [-0.05, 0) is 114 Å². The maximum absolute atomic E-state index is 13.1. The van der Waals surface area contributed by atoms with E-state index in [1.54, 1.807) is 32.9 Å². The SMILES string of the molecule is CC(C)(C)NS(=O)(=O)c1ccc(NC(=S)NC(=O)C23CC4CC(CC(C4)C2)C3)cc1. The van der Waals surface area contributed by atoms with Crippen molar-refractivity contribution < 1.29 is 13.2 Å². The van der Waals surface area contributed by atoms with E-state index >= 15 is 0 Å². The number of sulfonamides is 1. The fraction of sp³-hybridized carbons (Fsp3) is 0.636. The van der Waals surface area contributed by atoms with Gasteiger partial charge in [0, 0.05) is 11.2 Å². The van der Waals surface area contributed by atoms with Gasteiger partial charge in [-0.2, -0.15) is 0 Å². The van der Waals surface area contributed by atoms with Crippen LogP contribution >= 0.6 is 12.2 Å². The van der Waals surface area contributed by atoms with Crippen molar-refractivity contribution in [2.45, 2.75) is 69.7 Å². The second kappa shape index (κ2) is 7.57. The van der Waals surface area contributed by atoms with E-state index in [0.717, 1.165) is 19.3 Å². The normalized spacial score (nSPS) is 30.2. The van der Waals surface area contributed by atoms with Crippen LogP contribution in [0.3, 0.4) is 0 Å². The van der Waals surface area contributed by atoms with Gasteiger partial charge in [-0.1, -0.05) is 0 Å². The van der Waals surface area contributed by atoms with E-state index in [1.807, 2.05) is 0 Å². The summed E-state index contributed by atoms with van der Waals surface area (Å²) in [4.78, 5) is 13.3. The van der Waals surface area contributed by atoms with Crippen LogP contribution < -0.4 is 15.4 Å². The van der Waals surface area contributed by atoms with E-state index in [-0.39, 0.29) is 21.3 Å². The molecule has 1 amide bonds. The molecule has 0 radical (unpaired) electrons. The topological polar surface area (TPSA) is 87.3 Å². The van der Waals surface area contributed by atoms with E-state index in [4.69, 9.17) is 12.2 Å². The Balaban J connectivity index is 1.37. The average Bonchev–Trinajstić information content (AvgIpc) is 2.59. The van der Waals surface area contributed by atoms with Crippen molar-refractivity contribution in [2.24, 2.45) is 23.2 Å². The highest BCUT2D eigenvalue weighted by atomic mass is 32.2. The largest absolute Gasteiger partial charge is 0.332 e. The Hall–Kier alpha value is -1.51. The Bertz CT molecular complexity index is 914. The molecule has 30 heavy (non-hydrogen) atoms. The summed E-state index contributed by atoms with van der Waals surface area (Å²) in [6, 6.07) is 6.36. The standard InChI is InChI=1S/C22H31N3O3S2/c1-21(2,3)25-30(27,28)18-6-4-17(5-7-18)23-20(29)24-19(26)22-11-14-8-15(12-22)10-16(9-14)13-22/h4-7,14-16,25H,8-13H2,1-3H3,(H2,23,24,26,29). The summed E-state index contributed by atoms with van der Waals surface area (Å²) in [7, 11) is -3.59. The van der Waals surface area contributed by atoms with E-state index in [9.17, 15) is 13.2 Å². The Kier molecular flexibility index (Phi) is 5.48. The zero-order chi connectivity index (χ0) is 21.7. The summed E-state index contributed by atoms with van der Waals surface area (Å²) < 4.78 is 27.5. The number of amides is 1. The van der Waals surface area contributed by atoms with E-state index < -0.39 is 15.6 Å². The van der Waals surface area contributed by atoms with Crippen LogP contribution in [0.1, 0.15) is 59.3 Å². The van der Waals surface area contributed by atoms with Gasteiger partial charge in [0.05, 0.1) is 10.3 Å². The third-order valence-corrected chi connectivity index (χ3v) is 8.59. The zero-order valence-electron chi connectivity index (χ0n) is 17.8. The molecule has 0 atom stereocenters. The Labute approximate surface area is 184 Å². The molecule has 6 nitrogen and oxygen atoms in total. The molecule has 4 bridgehead atoms. The fourth-order valence-electron chi connectivity index (χ4n) is 5.97. The molecule has 3 N–H and O–H groups in total. The molecule has 0 aromatic heterocycles. The van der Waals surface area contributed by atoms with Crippen molar-refractivity contribution in [3.63, 3.8) is 0 Å². The maximum Gasteiger partial charge on any atom is 0.241 e. The minimum atomic E-state index is -3.59. The molecule has 5 rings (SSSR count). The van der Waals surface area contributed by atoms with Crippen molar-refractivity contribution in [3.8, 4) is 0 Å². The Morgan fingerprint density at radius 1 is 1.00 bits per heavy atom. The van der Waals surface area contributed by atoms with Crippen molar-refractivity contribution in [1.82, 2.24) is 10.0 Å². The summed E-state index contributed by atoms with van der Waals surface area (Å²) in [5.41, 5.74) is -0.170. The average molecular weight is 450 g/mol. The number of thiocarbonyl (C=S) groups is 1. The lowest BCUT2D eigenvalue weighted by Crippen LogP contribution is -2.55. The lowest BCUT2D eigenvalue weighted by Gasteiger charge is -2.55. The minimum absolute atomic E-state index is 0.0488. The maximum atomic E-state index is 13.1. The third-order valence-electron chi connectivity index (χ3n) is 6.61. The molecule has 0 unspecified atom stereocenters. The molecular weight excluding hydrogens is 418 g/mol. The molecule has 164 valence electrons. The second-order valence-electron chi connectivity index (χ2n) is 10.5. The van der Waals surface area contributed by atoms with Crippen LogP contribution in [0.4, 0.5) is 5.69 Å². The summed E-state index contributed by atoms with van der Waals surface area (Å²) in [5, 5.41) is 6.19. The zero-order valence-corrected chi connectivity index (χ0v) is 19.5. The highest BCUT2D eigenvalue weighted by Crippen LogP contribution is 2.60. The molecule has 4 saturated carbocycles. The first-order chi connectivity index (χ1) is 13.9. The molecule has 0 saturated heterocycles. The van der Waals surface area contributed by atoms with Crippen LogP contribution in [-0.4, -0.2) is 25.0 Å². The fourth-order valence-corrected chi connectivity index (χ4v) is 7.60. The van der Waals surface area contributed by atoms with Crippen LogP contribution in [0.5, 0.6) is 0 Å². The predicted octanol–water partition coefficient (Wildman–Crippen LogP) is 3.79. The first-order valence-corrected chi connectivity index (χ1v) is 12.6. The lowest BCUT2D eigenvalue weighted by atomic mass is 9.49. The molecule has 0 spiro atoms. The number of nitrogens with one attached hydrogen (secondary N) is 3. The van der Waals surface area contributed by atoms with Crippen molar-refractivity contribution in [1.29, 1.82) is 0 Å². The highest BCUT2D eigenvalue weighted by molar-refractivity contribution is 7.89. The predicted molar refractivity (Wildman–Crippen MR) is 121 cm³/mol. The molecule has 4 aliphatic carbocycles. The molecule has 8 heteroatoms. The Morgan fingerprint density at radius 3 is 1.97 bits per heavy atom. The van der Waals surface area contributed by atoms with Gasteiger partial charge in [0.2, 0.25) is 15.9 Å². The van der Waals surface area contributed by atoms with Crippen LogP contribution in [0.25, 0.3) is 0 Å². The number of benzene rings is 1. The third kappa shape index (κ3) is 4.55. The molecular formula is C22H31N3O3S2. The van der Waals surface area contributed by atoms with Crippen LogP contribution in [0.15, 0.2) is 29.2 Å². The molecule has 1 aromatic rings. The van der Waals surface area contributed by atoms with Gasteiger partial charge in [0.15, 0.2) is 5.11 Å². The van der Waals surface area contributed by atoms with Gasteiger partial charge >= 0.3 is 0 Å². The molecule has 0 heterocycles. The molecule has 1 aromatic carbocycles. The number of carbonyl (C=O) groups excluding carboxylic acids is 1. The second-order valence-corrected chi connectivity index (χ2v) is 12.6. The van der Waals surface area contributed by atoms with Crippen molar-refractivity contribution in [2.75, 3.05) is 5.32 Å². The summed E-state index contributed by atoms with van der Waals surface area (Å²) >= 11 is 5.37. The molecule has 0 aliphatic heterocycles. The molecule has 4 aliphatic rings. The number of anilines is 1. The first kappa shape index (κ1) is 21.7. The van der Waals surface area contributed by atoms with E-state index in [2.05, 4.69) is 15.4 Å². The number of hydrogen-bond acceptors (Lipinski definition) is 4. The van der Waals surface area contributed by atoms with Gasteiger partial charge in [-0.15, -0.1) is 0 Å². The van der Waals surface area contributed by atoms with Gasteiger partial charge in [0.25, 0.3) is 0 Å². The van der Waals surface area contributed by atoms with E-state index in [1.165, 1.54) is 31.4 Å². The monoisotopic (exact) mass is 449 g/mol.